The summed E-state index contributed by atoms with van der Waals surface area (Å²) in [6, 6.07) is 0. The lowest BCUT2D eigenvalue weighted by Gasteiger charge is -2.34. The second-order valence-corrected chi connectivity index (χ2v) is 10.0. The second kappa shape index (κ2) is 14.3. The van der Waals surface area contributed by atoms with E-state index in [0.717, 1.165) is 37.7 Å². The van der Waals surface area contributed by atoms with E-state index >= 15 is 0 Å². The Bertz CT molecular complexity index is 710. The molecule has 29 heavy (non-hydrogen) atoms. The topological polar surface area (TPSA) is 122 Å². The molecule has 0 saturated heterocycles. The third-order valence-electron chi connectivity index (χ3n) is 4.02. The second-order valence-electron chi connectivity index (χ2n) is 7.32. The summed E-state index contributed by atoms with van der Waals surface area (Å²) in [5.74, 6) is 0. The summed E-state index contributed by atoms with van der Waals surface area (Å²) in [5.41, 5.74) is 4.93. The molecule has 0 radical (unpaired) electrons. The molecular formula is C20H33O7P2-3. The lowest BCUT2D eigenvalue weighted by molar-refractivity contribution is -0.339. The molecule has 0 aromatic heterocycles. The summed E-state index contributed by atoms with van der Waals surface area (Å²) < 4.78 is 29.1. The van der Waals surface area contributed by atoms with Gasteiger partial charge in [-0.1, -0.05) is 46.6 Å². The molecule has 0 aliphatic carbocycles. The molecule has 168 valence electrons. The Morgan fingerprint density at radius 1 is 0.724 bits per heavy atom. The molecule has 0 heterocycles. The Labute approximate surface area is 175 Å². The van der Waals surface area contributed by atoms with Crippen LogP contribution in [0.5, 0.6) is 0 Å². The molecule has 9 heteroatoms. The maximum absolute atomic E-state index is 11.1. The van der Waals surface area contributed by atoms with Crippen molar-refractivity contribution in [3.05, 3.63) is 46.6 Å². The van der Waals surface area contributed by atoms with Gasteiger partial charge in [0.2, 0.25) is 0 Å². The number of hydrogen-bond donors (Lipinski definition) is 0. The van der Waals surface area contributed by atoms with Gasteiger partial charge in [0.1, 0.15) is 0 Å². The zero-order chi connectivity index (χ0) is 22.5. The van der Waals surface area contributed by atoms with Gasteiger partial charge in [0.15, 0.2) is 0 Å². The lowest BCUT2D eigenvalue weighted by atomic mass is 10.0. The molecule has 1 atom stereocenters. The minimum absolute atomic E-state index is 0.383. The molecule has 0 rings (SSSR count). The van der Waals surface area contributed by atoms with Crippen molar-refractivity contribution in [1.82, 2.24) is 0 Å². The van der Waals surface area contributed by atoms with E-state index in [1.54, 1.807) is 0 Å². The molecule has 0 fully saturated rings. The third-order valence-corrected chi connectivity index (χ3v) is 6.08. The van der Waals surface area contributed by atoms with Crippen molar-refractivity contribution in [3.8, 4) is 0 Å². The highest BCUT2D eigenvalue weighted by Crippen LogP contribution is 2.50. The first-order valence-corrected chi connectivity index (χ1v) is 12.5. The summed E-state index contributed by atoms with van der Waals surface area (Å²) in [5, 5.41) is 0. The number of hydrogen-bond acceptors (Lipinski definition) is 7. The van der Waals surface area contributed by atoms with Gasteiger partial charge in [-0.15, -0.1) is 0 Å². The maximum Gasteiger partial charge on any atom is 0.272 e. The van der Waals surface area contributed by atoms with Crippen molar-refractivity contribution in [3.63, 3.8) is 0 Å². The average Bonchev–Trinajstić information content (AvgIpc) is 2.51. The van der Waals surface area contributed by atoms with Crippen LogP contribution in [0.1, 0.15) is 73.1 Å². The number of rotatable bonds is 14. The predicted octanol–water partition coefficient (Wildman–Crippen LogP) is 4.46. The minimum Gasteiger partial charge on any atom is -0.790 e. The quantitative estimate of drug-likeness (QED) is 0.284. The molecule has 0 spiro atoms. The van der Waals surface area contributed by atoms with E-state index < -0.39 is 15.6 Å². The van der Waals surface area contributed by atoms with Gasteiger partial charge in [-0.05, 0) is 73.1 Å². The number of allylic oxidation sites excluding steroid dienone is 7. The van der Waals surface area contributed by atoms with Gasteiger partial charge in [-0.25, -0.2) is 0 Å². The zero-order valence-electron chi connectivity index (χ0n) is 18.0. The summed E-state index contributed by atoms with van der Waals surface area (Å²) in [6.45, 7) is 9.89. The van der Waals surface area contributed by atoms with E-state index in [1.165, 1.54) is 22.8 Å². The fourth-order valence-electron chi connectivity index (χ4n) is 2.40. The monoisotopic (exact) mass is 447 g/mol. The first kappa shape index (κ1) is 28.2. The summed E-state index contributed by atoms with van der Waals surface area (Å²) in [7, 11) is -10.8. The fraction of sp³-hybridized carbons (Fsp3) is 0.600. The summed E-state index contributed by atoms with van der Waals surface area (Å²) in [4.78, 5) is 31.7. The van der Waals surface area contributed by atoms with Gasteiger partial charge in [0.05, 0.1) is 14.4 Å². The van der Waals surface area contributed by atoms with Crippen molar-refractivity contribution >= 4 is 15.6 Å². The predicted molar refractivity (Wildman–Crippen MR) is 111 cm³/mol. The van der Waals surface area contributed by atoms with Crippen LogP contribution in [0, 0.1) is 0 Å². The molecule has 0 N–H and O–H groups in total. The molecule has 0 aliphatic rings. The highest BCUT2D eigenvalue weighted by molar-refractivity contribution is 7.58. The van der Waals surface area contributed by atoms with Crippen molar-refractivity contribution in [2.24, 2.45) is 0 Å². The van der Waals surface area contributed by atoms with Crippen LogP contribution in [0.2, 0.25) is 0 Å². The largest absolute Gasteiger partial charge is 0.790 e. The normalized spacial score (nSPS) is 15.9. The van der Waals surface area contributed by atoms with E-state index in [1.807, 2.05) is 6.92 Å². The van der Waals surface area contributed by atoms with Gasteiger partial charge >= 0.3 is 0 Å². The van der Waals surface area contributed by atoms with Crippen LogP contribution in [0.25, 0.3) is 0 Å². The molecule has 7 nitrogen and oxygen atoms in total. The molecule has 1 unspecified atom stereocenters. The first-order valence-electron chi connectivity index (χ1n) is 9.60. The Morgan fingerprint density at radius 3 is 1.55 bits per heavy atom. The van der Waals surface area contributed by atoms with Crippen LogP contribution in [0.3, 0.4) is 0 Å². The summed E-state index contributed by atoms with van der Waals surface area (Å²) >= 11 is 0. The molecule has 0 bridgehead atoms. The van der Waals surface area contributed by atoms with Crippen LogP contribution in [-0.4, -0.2) is 6.61 Å². The minimum atomic E-state index is -5.64. The number of phosphoric acid groups is 2. The Morgan fingerprint density at radius 2 is 1.14 bits per heavy atom. The SMILES string of the molecule is CC(C)=CCC/C(C)=C/CC/C(C)=C\CC/C(C)=C\COP(=O)([O-])OP(=O)([O-])[O-]. The highest BCUT2D eigenvalue weighted by Gasteiger charge is 2.10. The zero-order valence-corrected chi connectivity index (χ0v) is 19.8. The summed E-state index contributed by atoms with van der Waals surface area (Å²) in [6.07, 6.45) is 13.9. The standard InChI is InChI=1S/C20H36O7P2/c1-17(2)9-6-10-18(3)11-7-12-19(4)13-8-14-20(5)15-16-26-29(24,25)27-28(21,22)23/h9,11,13,15H,6-8,10,12,14,16H2,1-5H3,(H,24,25)(H2,21,22,23)/p-3/b18-11+,19-13-,20-15-. The molecule has 0 amide bonds. The van der Waals surface area contributed by atoms with Crippen LogP contribution in [-0.2, 0) is 18.0 Å². The Balaban J connectivity index is 4.20. The van der Waals surface area contributed by atoms with Crippen molar-refractivity contribution < 1.29 is 32.6 Å². The first-order chi connectivity index (χ1) is 13.3. The van der Waals surface area contributed by atoms with Crippen LogP contribution < -0.4 is 14.7 Å². The van der Waals surface area contributed by atoms with E-state index in [0.29, 0.717) is 6.42 Å². The Kier molecular flexibility index (Phi) is 13.9. The molecule has 0 aliphatic heterocycles. The van der Waals surface area contributed by atoms with Gasteiger partial charge in [-0.3, -0.25) is 8.88 Å². The van der Waals surface area contributed by atoms with Gasteiger partial charge in [-0.2, -0.15) is 0 Å². The van der Waals surface area contributed by atoms with Crippen LogP contribution in [0.15, 0.2) is 46.6 Å². The van der Waals surface area contributed by atoms with Gasteiger partial charge in [0, 0.05) is 0 Å². The average molecular weight is 447 g/mol. The molecular weight excluding hydrogens is 414 g/mol. The fourth-order valence-corrected chi connectivity index (χ4v) is 3.83. The molecule has 0 aromatic carbocycles. The van der Waals surface area contributed by atoms with E-state index in [-0.39, 0.29) is 6.61 Å². The van der Waals surface area contributed by atoms with Crippen LogP contribution >= 0.6 is 15.6 Å². The van der Waals surface area contributed by atoms with Gasteiger partial charge in [0.25, 0.3) is 7.82 Å². The van der Waals surface area contributed by atoms with Crippen molar-refractivity contribution in [1.29, 1.82) is 0 Å². The van der Waals surface area contributed by atoms with Gasteiger partial charge < -0.3 is 23.8 Å². The van der Waals surface area contributed by atoms with Crippen molar-refractivity contribution in [2.75, 3.05) is 6.61 Å². The van der Waals surface area contributed by atoms with Crippen molar-refractivity contribution in [2.45, 2.75) is 73.1 Å². The van der Waals surface area contributed by atoms with E-state index in [9.17, 15) is 23.8 Å². The number of phosphoric ester groups is 1. The van der Waals surface area contributed by atoms with E-state index in [4.69, 9.17) is 0 Å². The maximum atomic E-state index is 11.1. The third kappa shape index (κ3) is 19.0. The molecule has 0 aromatic rings. The highest BCUT2D eigenvalue weighted by atomic mass is 31.3. The lowest BCUT2D eigenvalue weighted by Crippen LogP contribution is -2.19. The van der Waals surface area contributed by atoms with Crippen LogP contribution in [0.4, 0.5) is 0 Å². The van der Waals surface area contributed by atoms with E-state index in [2.05, 4.69) is 54.8 Å². The molecule has 0 saturated carbocycles. The smallest absolute Gasteiger partial charge is 0.272 e. The Hall–Kier alpha value is -0.780.